The lowest BCUT2D eigenvalue weighted by Gasteiger charge is -2.17. The molecule has 27 heavy (non-hydrogen) atoms. The predicted molar refractivity (Wildman–Crippen MR) is 103 cm³/mol. The van der Waals surface area contributed by atoms with E-state index in [0.717, 1.165) is 35.9 Å². The number of alkyl halides is 1. The van der Waals surface area contributed by atoms with Crippen LogP contribution in [0.4, 0.5) is 16.0 Å². The van der Waals surface area contributed by atoms with E-state index in [2.05, 4.69) is 25.5 Å². The average molecular weight is 367 g/mol. The van der Waals surface area contributed by atoms with Gasteiger partial charge in [0.15, 0.2) is 5.65 Å². The van der Waals surface area contributed by atoms with Gasteiger partial charge in [0.2, 0.25) is 0 Å². The Morgan fingerprint density at radius 2 is 2.00 bits per heavy atom. The van der Waals surface area contributed by atoms with Crippen molar-refractivity contribution in [3.8, 4) is 11.4 Å². The SMILES string of the molecule is F[C@H]1CNC[C@@H]1Nc1cccc(-c2cnc3cnc(N4CCCC4)cn23)n1. The van der Waals surface area contributed by atoms with Gasteiger partial charge in [-0.2, -0.15) is 0 Å². The summed E-state index contributed by atoms with van der Waals surface area (Å²) in [7, 11) is 0. The van der Waals surface area contributed by atoms with Gasteiger partial charge >= 0.3 is 0 Å². The van der Waals surface area contributed by atoms with Crippen molar-refractivity contribution in [2.24, 2.45) is 0 Å². The predicted octanol–water partition coefficient (Wildman–Crippen LogP) is 2.11. The highest BCUT2D eigenvalue weighted by Crippen LogP contribution is 2.24. The van der Waals surface area contributed by atoms with E-state index in [0.29, 0.717) is 18.9 Å². The van der Waals surface area contributed by atoms with Gasteiger partial charge in [-0.25, -0.2) is 19.3 Å². The van der Waals surface area contributed by atoms with Gasteiger partial charge in [-0.1, -0.05) is 6.07 Å². The largest absolute Gasteiger partial charge is 0.363 e. The van der Waals surface area contributed by atoms with E-state index in [1.54, 1.807) is 6.20 Å². The summed E-state index contributed by atoms with van der Waals surface area (Å²) in [6, 6.07) is 5.50. The van der Waals surface area contributed by atoms with Crippen LogP contribution in [0.3, 0.4) is 0 Å². The number of anilines is 2. The van der Waals surface area contributed by atoms with Gasteiger partial charge in [0, 0.05) is 26.2 Å². The monoisotopic (exact) mass is 367 g/mol. The van der Waals surface area contributed by atoms with Gasteiger partial charge in [-0.05, 0) is 25.0 Å². The molecule has 0 saturated carbocycles. The summed E-state index contributed by atoms with van der Waals surface area (Å²) in [5.74, 6) is 1.64. The molecule has 0 spiro atoms. The third kappa shape index (κ3) is 3.10. The highest BCUT2D eigenvalue weighted by atomic mass is 19.1. The first kappa shape index (κ1) is 16.4. The third-order valence-corrected chi connectivity index (χ3v) is 5.30. The van der Waals surface area contributed by atoms with Crippen LogP contribution in [0.15, 0.2) is 36.8 Å². The highest BCUT2D eigenvalue weighted by Gasteiger charge is 2.26. The fourth-order valence-electron chi connectivity index (χ4n) is 3.81. The van der Waals surface area contributed by atoms with E-state index >= 15 is 0 Å². The van der Waals surface area contributed by atoms with Gasteiger partial charge in [-0.3, -0.25) is 4.40 Å². The molecule has 2 atom stereocenters. The Morgan fingerprint density at radius 3 is 2.81 bits per heavy atom. The molecule has 2 fully saturated rings. The Hall–Kier alpha value is -2.74. The smallest absolute Gasteiger partial charge is 0.155 e. The summed E-state index contributed by atoms with van der Waals surface area (Å²) in [5.41, 5.74) is 2.49. The minimum Gasteiger partial charge on any atom is -0.363 e. The molecule has 2 N–H and O–H groups in total. The zero-order valence-electron chi connectivity index (χ0n) is 15.0. The molecule has 2 aliphatic rings. The maximum absolute atomic E-state index is 13.9. The Labute approximate surface area is 156 Å². The van der Waals surface area contributed by atoms with Gasteiger partial charge in [0.25, 0.3) is 0 Å². The number of pyridine rings is 1. The normalized spacial score (nSPS) is 22.6. The van der Waals surface area contributed by atoms with Crippen molar-refractivity contribution < 1.29 is 4.39 Å². The van der Waals surface area contributed by atoms with Crippen molar-refractivity contribution in [3.05, 3.63) is 36.8 Å². The van der Waals surface area contributed by atoms with E-state index < -0.39 is 6.17 Å². The number of halogens is 1. The summed E-state index contributed by atoms with van der Waals surface area (Å²) >= 11 is 0. The molecule has 8 heteroatoms. The highest BCUT2D eigenvalue weighted by molar-refractivity contribution is 5.62. The Kier molecular flexibility index (Phi) is 4.12. The maximum atomic E-state index is 13.9. The lowest BCUT2D eigenvalue weighted by atomic mass is 10.2. The quantitative estimate of drug-likeness (QED) is 0.736. The molecule has 0 unspecified atom stereocenters. The molecule has 7 nitrogen and oxygen atoms in total. The van der Waals surface area contributed by atoms with Crippen molar-refractivity contribution >= 4 is 17.3 Å². The van der Waals surface area contributed by atoms with E-state index in [-0.39, 0.29) is 6.04 Å². The second kappa shape index (κ2) is 6.77. The summed E-state index contributed by atoms with van der Waals surface area (Å²) in [6.07, 6.45) is 7.15. The van der Waals surface area contributed by atoms with Gasteiger partial charge in [0.05, 0.1) is 36.0 Å². The molecular formula is C19H22FN7. The van der Waals surface area contributed by atoms with Crippen molar-refractivity contribution in [2.45, 2.75) is 25.1 Å². The number of nitrogens with zero attached hydrogens (tertiary/aromatic N) is 5. The molecule has 2 aliphatic heterocycles. The molecule has 3 aromatic heterocycles. The first-order valence-corrected chi connectivity index (χ1v) is 9.45. The average Bonchev–Trinajstić information content (AvgIpc) is 3.43. The molecule has 5 rings (SSSR count). The van der Waals surface area contributed by atoms with Gasteiger partial charge in [0.1, 0.15) is 17.8 Å². The van der Waals surface area contributed by atoms with Crippen LogP contribution in [-0.4, -0.2) is 57.7 Å². The molecule has 5 heterocycles. The number of imidazole rings is 1. The Morgan fingerprint density at radius 1 is 1.11 bits per heavy atom. The Bertz CT molecular complexity index is 950. The van der Waals surface area contributed by atoms with Crippen molar-refractivity contribution in [2.75, 3.05) is 36.4 Å². The molecule has 0 bridgehead atoms. The van der Waals surface area contributed by atoms with Gasteiger partial charge in [-0.15, -0.1) is 0 Å². The summed E-state index contributed by atoms with van der Waals surface area (Å²) < 4.78 is 15.9. The van der Waals surface area contributed by atoms with Crippen molar-refractivity contribution in [3.63, 3.8) is 0 Å². The first-order valence-electron chi connectivity index (χ1n) is 9.45. The number of aromatic nitrogens is 4. The molecule has 0 radical (unpaired) electrons. The molecule has 140 valence electrons. The van der Waals surface area contributed by atoms with E-state index in [9.17, 15) is 4.39 Å². The molecular weight excluding hydrogens is 345 g/mol. The number of hydrogen-bond acceptors (Lipinski definition) is 6. The third-order valence-electron chi connectivity index (χ3n) is 5.30. The minimum atomic E-state index is -0.902. The Balaban J connectivity index is 1.47. The standard InChI is InChI=1S/C19H22FN7/c20-13-8-21-9-15(13)25-17-5-3-4-14(24-17)16-10-22-18-11-23-19(12-27(16)18)26-6-1-2-7-26/h3-5,10-13,15,21H,1-2,6-9H2,(H,24,25)/t13-,15-/m0/s1. The second-order valence-corrected chi connectivity index (χ2v) is 7.14. The van der Waals surface area contributed by atoms with E-state index in [1.165, 1.54) is 12.8 Å². The van der Waals surface area contributed by atoms with Crippen LogP contribution < -0.4 is 15.5 Å². The summed E-state index contributed by atoms with van der Waals surface area (Å²) in [4.78, 5) is 16.0. The van der Waals surface area contributed by atoms with Crippen molar-refractivity contribution in [1.29, 1.82) is 0 Å². The fraction of sp³-hybridized carbons (Fsp3) is 0.421. The summed E-state index contributed by atoms with van der Waals surface area (Å²) in [5, 5.41) is 6.25. The zero-order chi connectivity index (χ0) is 18.2. The molecule has 0 amide bonds. The lowest BCUT2D eigenvalue weighted by Crippen LogP contribution is -2.29. The number of rotatable bonds is 4. The number of hydrogen-bond donors (Lipinski definition) is 2. The fourth-order valence-corrected chi connectivity index (χ4v) is 3.81. The van der Waals surface area contributed by atoms with Crippen LogP contribution in [0.1, 0.15) is 12.8 Å². The van der Waals surface area contributed by atoms with E-state index in [1.807, 2.05) is 35.0 Å². The van der Waals surface area contributed by atoms with Crippen molar-refractivity contribution in [1.82, 2.24) is 24.7 Å². The number of nitrogens with one attached hydrogen (secondary N) is 2. The zero-order valence-corrected chi connectivity index (χ0v) is 15.0. The molecule has 0 aliphatic carbocycles. The second-order valence-electron chi connectivity index (χ2n) is 7.14. The molecule has 2 saturated heterocycles. The molecule has 3 aromatic rings. The first-order chi connectivity index (χ1) is 13.3. The van der Waals surface area contributed by atoms with Crippen LogP contribution in [-0.2, 0) is 0 Å². The maximum Gasteiger partial charge on any atom is 0.155 e. The van der Waals surface area contributed by atoms with Crippen LogP contribution in [0.5, 0.6) is 0 Å². The number of fused-ring (bicyclic) bond motifs is 1. The van der Waals surface area contributed by atoms with Crippen LogP contribution in [0, 0.1) is 0 Å². The van der Waals surface area contributed by atoms with Crippen LogP contribution in [0.25, 0.3) is 17.0 Å². The molecule has 0 aromatic carbocycles. The van der Waals surface area contributed by atoms with Crippen LogP contribution in [0.2, 0.25) is 0 Å². The summed E-state index contributed by atoms with van der Waals surface area (Å²) in [6.45, 7) is 3.07. The van der Waals surface area contributed by atoms with Crippen LogP contribution >= 0.6 is 0 Å². The lowest BCUT2D eigenvalue weighted by molar-refractivity contribution is 0.342. The minimum absolute atomic E-state index is 0.249. The topological polar surface area (TPSA) is 70.4 Å². The van der Waals surface area contributed by atoms with E-state index in [4.69, 9.17) is 4.98 Å². The van der Waals surface area contributed by atoms with Gasteiger partial charge < -0.3 is 15.5 Å².